The zero-order valence-electron chi connectivity index (χ0n) is 24.1. The van der Waals surface area contributed by atoms with Crippen molar-refractivity contribution in [1.82, 2.24) is 24.8 Å². The molecule has 11 heteroatoms. The number of piperazine rings is 1. The summed E-state index contributed by atoms with van der Waals surface area (Å²) in [5, 5.41) is 9.87. The van der Waals surface area contributed by atoms with E-state index < -0.39 is 23.6 Å². The fraction of sp³-hybridized carbons (Fsp3) is 0.469. The largest absolute Gasteiger partial charge is 0.462 e. The Balaban J connectivity index is 1.29. The molecule has 2 saturated heterocycles. The van der Waals surface area contributed by atoms with Gasteiger partial charge in [0.05, 0.1) is 23.9 Å². The van der Waals surface area contributed by atoms with Crippen LogP contribution in [-0.2, 0) is 11.2 Å². The number of likely N-dealkylation sites (N-methyl/N-ethyl adjacent to an activating group) is 1. The van der Waals surface area contributed by atoms with Crippen molar-refractivity contribution < 1.29 is 18.3 Å². The van der Waals surface area contributed by atoms with Crippen molar-refractivity contribution >= 4 is 22.6 Å². The summed E-state index contributed by atoms with van der Waals surface area (Å²) in [5.41, 5.74) is 3.65. The van der Waals surface area contributed by atoms with Crippen LogP contribution in [0.1, 0.15) is 42.7 Å². The fourth-order valence-corrected chi connectivity index (χ4v) is 7.17. The molecule has 2 aromatic heterocycles. The number of ether oxygens (including phenoxy) is 1. The molecule has 222 valence electrons. The molecular weight excluding hydrogens is 552 g/mol. The number of rotatable bonds is 7. The lowest BCUT2D eigenvalue weighted by atomic mass is 9.96. The van der Waals surface area contributed by atoms with Crippen molar-refractivity contribution in [3.63, 3.8) is 0 Å². The Hall–Kier alpha value is -4.17. The molecule has 3 fully saturated rings. The molecule has 0 spiro atoms. The molecule has 0 N–H and O–H groups in total. The maximum atomic E-state index is 16.6. The highest BCUT2D eigenvalue weighted by molar-refractivity contribution is 5.93. The number of aromatic nitrogens is 3. The molecule has 1 aromatic carbocycles. The normalized spacial score (nSPS) is 24.5. The van der Waals surface area contributed by atoms with Crippen molar-refractivity contribution in [2.24, 2.45) is 5.92 Å². The topological polar surface area (TPSA) is 98.5 Å². The van der Waals surface area contributed by atoms with E-state index >= 15 is 4.39 Å². The number of amides is 1. The Labute approximate surface area is 248 Å². The van der Waals surface area contributed by atoms with E-state index in [0.717, 1.165) is 37.8 Å². The molecule has 9 nitrogen and oxygen atoms in total. The van der Waals surface area contributed by atoms with Crippen LogP contribution in [0, 0.1) is 23.1 Å². The number of likely N-dealkylation sites (tertiary alicyclic amines) is 1. The average molecular weight is 586 g/mol. The quantitative estimate of drug-likeness (QED) is 0.377. The number of nitriles is 1. The Bertz CT molecular complexity index is 1670. The van der Waals surface area contributed by atoms with Crippen LogP contribution in [0.2, 0.25) is 0 Å². The second-order valence-electron chi connectivity index (χ2n) is 12.2. The first-order chi connectivity index (χ1) is 20.8. The van der Waals surface area contributed by atoms with Crippen molar-refractivity contribution in [3.05, 3.63) is 53.7 Å². The van der Waals surface area contributed by atoms with E-state index in [1.807, 2.05) is 17.0 Å². The maximum absolute atomic E-state index is 16.6. The first-order valence-corrected chi connectivity index (χ1v) is 14.9. The van der Waals surface area contributed by atoms with E-state index in [9.17, 15) is 14.4 Å². The molecule has 4 atom stereocenters. The summed E-state index contributed by atoms with van der Waals surface area (Å²) in [7, 11) is 2.05. The van der Waals surface area contributed by atoms with E-state index in [0.29, 0.717) is 29.6 Å². The Morgan fingerprint density at radius 1 is 1.23 bits per heavy atom. The van der Waals surface area contributed by atoms with Crippen LogP contribution in [0.5, 0.6) is 6.01 Å². The first-order valence-electron chi connectivity index (χ1n) is 14.9. The van der Waals surface area contributed by atoms with Crippen LogP contribution in [0.3, 0.4) is 0 Å². The van der Waals surface area contributed by atoms with Crippen molar-refractivity contribution in [2.75, 3.05) is 44.7 Å². The van der Waals surface area contributed by atoms with E-state index in [4.69, 9.17) is 9.72 Å². The van der Waals surface area contributed by atoms with Gasteiger partial charge in [0.15, 0.2) is 11.6 Å². The van der Waals surface area contributed by atoms with Crippen LogP contribution in [0.4, 0.5) is 14.6 Å². The van der Waals surface area contributed by atoms with Gasteiger partial charge in [-0.1, -0.05) is 24.8 Å². The van der Waals surface area contributed by atoms with E-state index in [1.165, 1.54) is 16.0 Å². The van der Waals surface area contributed by atoms with E-state index in [2.05, 4.69) is 40.6 Å². The van der Waals surface area contributed by atoms with Crippen LogP contribution < -0.4 is 9.64 Å². The zero-order chi connectivity index (χ0) is 29.8. The van der Waals surface area contributed by atoms with Gasteiger partial charge in [-0.2, -0.15) is 15.2 Å². The number of halogens is 2. The number of carbonyl (C=O) groups excluding carboxylic acids is 1. The smallest absolute Gasteiger partial charge is 0.319 e. The summed E-state index contributed by atoms with van der Waals surface area (Å²) in [6.45, 7) is 5.13. The predicted molar refractivity (Wildman–Crippen MR) is 157 cm³/mol. The summed E-state index contributed by atoms with van der Waals surface area (Å²) in [6.07, 6.45) is 5.83. The average Bonchev–Trinajstić information content (AvgIpc) is 3.48. The molecule has 4 aliphatic rings. The van der Waals surface area contributed by atoms with Crippen molar-refractivity contribution in [3.8, 4) is 23.3 Å². The van der Waals surface area contributed by atoms with Crippen LogP contribution >= 0.6 is 0 Å². The number of fused-ring (bicyclic) bond motifs is 4. The highest BCUT2D eigenvalue weighted by Gasteiger charge is 2.46. The van der Waals surface area contributed by atoms with Gasteiger partial charge in [0, 0.05) is 37.4 Å². The van der Waals surface area contributed by atoms with Gasteiger partial charge in [-0.3, -0.25) is 9.78 Å². The minimum atomic E-state index is -1.07. The van der Waals surface area contributed by atoms with Crippen LogP contribution in [0.15, 0.2) is 36.8 Å². The lowest BCUT2D eigenvalue weighted by Crippen LogP contribution is -2.55. The minimum absolute atomic E-state index is 0.00601. The molecule has 43 heavy (non-hydrogen) atoms. The third kappa shape index (κ3) is 4.87. The fourth-order valence-electron chi connectivity index (χ4n) is 7.17. The predicted octanol–water partition coefficient (Wildman–Crippen LogP) is 4.38. The van der Waals surface area contributed by atoms with E-state index in [1.54, 1.807) is 6.20 Å². The molecule has 0 radical (unpaired) electrons. The highest BCUT2D eigenvalue weighted by atomic mass is 19.1. The third-order valence-electron chi connectivity index (χ3n) is 9.55. The van der Waals surface area contributed by atoms with Gasteiger partial charge >= 0.3 is 6.01 Å². The lowest BCUT2D eigenvalue weighted by Gasteiger charge is -2.41. The number of pyridine rings is 1. The third-order valence-corrected chi connectivity index (χ3v) is 9.55. The SMILES string of the molecule is C=C(F)C(=O)N1CCN(c2nc(OC[C@@H]3CCCN3C)nc3c(F)c(-c4cccc5c4[C@H]4C[C@H]4C5)ncc23)C[C@@H]1CC#N. The molecule has 1 amide bonds. The molecule has 0 unspecified atom stereocenters. The number of hydrogen-bond donors (Lipinski definition) is 0. The highest BCUT2D eigenvalue weighted by Crippen LogP contribution is 2.58. The monoisotopic (exact) mass is 585 g/mol. The summed E-state index contributed by atoms with van der Waals surface area (Å²) < 4.78 is 36.4. The molecule has 3 aromatic rings. The molecule has 1 saturated carbocycles. The summed E-state index contributed by atoms with van der Waals surface area (Å²) in [4.78, 5) is 31.8. The molecular formula is C32H33F2N7O2. The summed E-state index contributed by atoms with van der Waals surface area (Å²) in [5.74, 6) is -0.917. The van der Waals surface area contributed by atoms with Gasteiger partial charge < -0.3 is 19.4 Å². The Morgan fingerprint density at radius 3 is 2.86 bits per heavy atom. The van der Waals surface area contributed by atoms with Gasteiger partial charge in [-0.25, -0.2) is 8.78 Å². The molecule has 2 aliphatic carbocycles. The van der Waals surface area contributed by atoms with Gasteiger partial charge in [0.2, 0.25) is 0 Å². The lowest BCUT2D eigenvalue weighted by molar-refractivity contribution is -0.131. The van der Waals surface area contributed by atoms with Gasteiger partial charge in [-0.15, -0.1) is 0 Å². The molecule has 4 heterocycles. The maximum Gasteiger partial charge on any atom is 0.319 e. The van der Waals surface area contributed by atoms with Gasteiger partial charge in [0.1, 0.15) is 23.6 Å². The van der Waals surface area contributed by atoms with Gasteiger partial charge in [0.25, 0.3) is 5.91 Å². The Morgan fingerprint density at radius 2 is 2.09 bits per heavy atom. The molecule has 7 rings (SSSR count). The molecule has 0 bridgehead atoms. The van der Waals surface area contributed by atoms with E-state index in [-0.39, 0.29) is 49.3 Å². The van der Waals surface area contributed by atoms with Gasteiger partial charge in [-0.05, 0) is 62.2 Å². The summed E-state index contributed by atoms with van der Waals surface area (Å²) >= 11 is 0. The number of nitrogens with zero attached hydrogens (tertiary/aromatic N) is 7. The zero-order valence-corrected chi connectivity index (χ0v) is 24.1. The van der Waals surface area contributed by atoms with Crippen LogP contribution in [-0.4, -0.2) is 82.6 Å². The first kappa shape index (κ1) is 27.7. The van der Waals surface area contributed by atoms with Crippen molar-refractivity contribution in [2.45, 2.75) is 50.1 Å². The number of carbonyl (C=O) groups is 1. The Kier molecular flexibility index (Phi) is 6.96. The standard InChI is InChI=1S/C32H33F2N7O2/c1-18(33)31(42)41-12-11-40(16-21(41)8-9-35)30-25-15-36-28(23-7-3-5-19-13-20-14-24(20)26(19)23)27(34)29(25)37-32(38-30)43-17-22-6-4-10-39(22)2/h3,5,7,15,20-22,24H,1,4,6,8,10-14,16-17H2,2H3/t20-,21+,22+,24+/m1/s1. The number of benzene rings is 1. The minimum Gasteiger partial charge on any atom is -0.462 e. The van der Waals surface area contributed by atoms with Crippen molar-refractivity contribution in [1.29, 1.82) is 5.26 Å². The second kappa shape index (κ2) is 10.8. The van der Waals surface area contributed by atoms with Crippen LogP contribution in [0.25, 0.3) is 22.2 Å². The molecule has 2 aliphatic heterocycles. The number of hydrogen-bond acceptors (Lipinski definition) is 8. The second-order valence-corrected chi connectivity index (χ2v) is 12.2. The summed E-state index contributed by atoms with van der Waals surface area (Å²) in [6, 6.07) is 7.79. The number of anilines is 1.